The Morgan fingerprint density at radius 1 is 1.29 bits per heavy atom. The molecule has 1 aliphatic rings. The van der Waals surface area contributed by atoms with Crippen molar-refractivity contribution >= 4 is 17.7 Å². The van der Waals surface area contributed by atoms with Crippen molar-refractivity contribution in [3.05, 3.63) is 29.8 Å². The Balaban J connectivity index is 1.95. The first-order chi connectivity index (χ1) is 10.1. The number of benzene rings is 1. The van der Waals surface area contributed by atoms with Gasteiger partial charge in [0.1, 0.15) is 5.75 Å². The number of nitrogens with two attached hydrogens (primary N) is 1. The minimum absolute atomic E-state index is 0.0645. The van der Waals surface area contributed by atoms with Gasteiger partial charge in [0.2, 0.25) is 5.91 Å². The van der Waals surface area contributed by atoms with Gasteiger partial charge in [-0.2, -0.15) is 0 Å². The second kappa shape index (κ2) is 6.74. The van der Waals surface area contributed by atoms with E-state index in [1.165, 1.54) is 6.07 Å². The Bertz CT molecular complexity index is 559. The van der Waals surface area contributed by atoms with Crippen molar-refractivity contribution in [3.8, 4) is 5.75 Å². The number of para-hydroxylation sites is 1. The van der Waals surface area contributed by atoms with Crippen LogP contribution in [-0.4, -0.2) is 48.9 Å². The minimum Gasteiger partial charge on any atom is -0.483 e. The number of carbonyl (C=O) groups excluding carboxylic acids is 3. The maximum absolute atomic E-state index is 12.1. The van der Waals surface area contributed by atoms with Crippen molar-refractivity contribution < 1.29 is 19.1 Å². The van der Waals surface area contributed by atoms with Crippen LogP contribution in [0.25, 0.3) is 0 Å². The summed E-state index contributed by atoms with van der Waals surface area (Å²) in [6.07, 6.45) is 0.281. The summed E-state index contributed by atoms with van der Waals surface area (Å²) in [5.41, 5.74) is 5.47. The van der Waals surface area contributed by atoms with Crippen LogP contribution in [0.3, 0.4) is 0 Å². The van der Waals surface area contributed by atoms with E-state index in [9.17, 15) is 14.4 Å². The number of nitrogens with one attached hydrogen (secondary N) is 1. The van der Waals surface area contributed by atoms with E-state index in [4.69, 9.17) is 10.5 Å². The second-order valence-corrected chi connectivity index (χ2v) is 4.63. The van der Waals surface area contributed by atoms with Gasteiger partial charge in [-0.15, -0.1) is 0 Å². The number of ether oxygens (including phenoxy) is 1. The lowest BCUT2D eigenvalue weighted by molar-refractivity contribution is -0.133. The van der Waals surface area contributed by atoms with Crippen molar-refractivity contribution in [2.45, 2.75) is 6.42 Å². The van der Waals surface area contributed by atoms with Gasteiger partial charge in [0.15, 0.2) is 6.61 Å². The normalized spacial score (nSPS) is 15.0. The largest absolute Gasteiger partial charge is 0.483 e. The van der Waals surface area contributed by atoms with Crippen molar-refractivity contribution in [1.82, 2.24) is 10.2 Å². The fraction of sp³-hybridized carbons (Fsp3) is 0.357. The Kier molecular flexibility index (Phi) is 4.76. The third kappa shape index (κ3) is 3.95. The van der Waals surface area contributed by atoms with Gasteiger partial charge >= 0.3 is 0 Å². The highest BCUT2D eigenvalue weighted by molar-refractivity contribution is 5.95. The van der Waals surface area contributed by atoms with E-state index >= 15 is 0 Å². The van der Waals surface area contributed by atoms with Crippen molar-refractivity contribution in [2.75, 3.05) is 26.2 Å². The molecule has 0 atom stereocenters. The molecule has 112 valence electrons. The monoisotopic (exact) mass is 291 g/mol. The average molecular weight is 291 g/mol. The lowest BCUT2D eigenvalue weighted by atomic mass is 10.2. The van der Waals surface area contributed by atoms with Gasteiger partial charge in [-0.05, 0) is 12.1 Å². The summed E-state index contributed by atoms with van der Waals surface area (Å²) >= 11 is 0. The Labute approximate surface area is 122 Å². The summed E-state index contributed by atoms with van der Waals surface area (Å²) in [5.74, 6) is -0.624. The van der Waals surface area contributed by atoms with Crippen LogP contribution in [0.5, 0.6) is 5.75 Å². The van der Waals surface area contributed by atoms with Crippen molar-refractivity contribution in [1.29, 1.82) is 0 Å². The predicted molar refractivity (Wildman–Crippen MR) is 74.7 cm³/mol. The van der Waals surface area contributed by atoms with Crippen LogP contribution in [0.1, 0.15) is 16.8 Å². The molecule has 3 amide bonds. The van der Waals surface area contributed by atoms with Gasteiger partial charge in [-0.3, -0.25) is 14.4 Å². The smallest absolute Gasteiger partial charge is 0.260 e. The van der Waals surface area contributed by atoms with E-state index < -0.39 is 5.91 Å². The maximum atomic E-state index is 12.1. The number of hydrogen-bond donors (Lipinski definition) is 2. The first-order valence-electron chi connectivity index (χ1n) is 6.64. The second-order valence-electron chi connectivity index (χ2n) is 4.63. The highest BCUT2D eigenvalue weighted by atomic mass is 16.5. The predicted octanol–water partition coefficient (Wildman–Crippen LogP) is -0.487. The maximum Gasteiger partial charge on any atom is 0.260 e. The molecule has 1 heterocycles. The molecule has 7 heteroatoms. The first-order valence-corrected chi connectivity index (χ1v) is 6.64. The highest BCUT2D eigenvalue weighted by Gasteiger charge is 2.19. The van der Waals surface area contributed by atoms with Gasteiger partial charge in [-0.25, -0.2) is 0 Å². The van der Waals surface area contributed by atoms with Gasteiger partial charge in [0.05, 0.1) is 5.56 Å². The summed E-state index contributed by atoms with van der Waals surface area (Å²) in [6, 6.07) is 6.49. The van der Waals surface area contributed by atoms with E-state index in [-0.39, 0.29) is 36.2 Å². The molecule has 0 saturated carbocycles. The zero-order valence-electron chi connectivity index (χ0n) is 11.5. The fourth-order valence-corrected chi connectivity index (χ4v) is 2.04. The molecule has 3 N–H and O–H groups in total. The third-order valence-electron chi connectivity index (χ3n) is 3.17. The Morgan fingerprint density at radius 3 is 2.81 bits per heavy atom. The van der Waals surface area contributed by atoms with Gasteiger partial charge < -0.3 is 20.7 Å². The van der Waals surface area contributed by atoms with Crippen molar-refractivity contribution in [2.24, 2.45) is 5.73 Å². The molecule has 1 aromatic carbocycles. The van der Waals surface area contributed by atoms with Gasteiger partial charge in [-0.1, -0.05) is 12.1 Å². The molecule has 2 rings (SSSR count). The molecule has 1 aromatic rings. The number of rotatable bonds is 4. The number of primary amides is 1. The highest BCUT2D eigenvalue weighted by Crippen LogP contribution is 2.17. The number of hydrogen-bond acceptors (Lipinski definition) is 4. The zero-order chi connectivity index (χ0) is 15.2. The molecule has 7 nitrogen and oxygen atoms in total. The molecule has 0 unspecified atom stereocenters. The molecule has 1 saturated heterocycles. The summed E-state index contributed by atoms with van der Waals surface area (Å²) in [4.78, 5) is 36.1. The van der Waals surface area contributed by atoms with Crippen LogP contribution in [0.2, 0.25) is 0 Å². The minimum atomic E-state index is -0.609. The topological polar surface area (TPSA) is 102 Å². The zero-order valence-corrected chi connectivity index (χ0v) is 11.5. The van der Waals surface area contributed by atoms with Crippen molar-refractivity contribution in [3.63, 3.8) is 0 Å². The summed E-state index contributed by atoms with van der Waals surface area (Å²) in [7, 11) is 0. The van der Waals surface area contributed by atoms with Gasteiger partial charge in [0, 0.05) is 26.1 Å². The van der Waals surface area contributed by atoms with E-state index in [1.54, 1.807) is 23.1 Å². The first kappa shape index (κ1) is 14.8. The fourth-order valence-electron chi connectivity index (χ4n) is 2.04. The molecule has 0 bridgehead atoms. The van der Waals surface area contributed by atoms with Crippen LogP contribution < -0.4 is 15.8 Å². The Hall–Kier alpha value is -2.57. The molecule has 1 aliphatic heterocycles. The lowest BCUT2D eigenvalue weighted by Gasteiger charge is -2.19. The average Bonchev–Trinajstić information content (AvgIpc) is 2.69. The molecule has 0 spiro atoms. The van der Waals surface area contributed by atoms with Crippen LogP contribution in [0.4, 0.5) is 0 Å². The van der Waals surface area contributed by atoms with E-state index in [2.05, 4.69) is 5.32 Å². The van der Waals surface area contributed by atoms with Crippen LogP contribution in [0, 0.1) is 0 Å². The molecule has 21 heavy (non-hydrogen) atoms. The molecular weight excluding hydrogens is 274 g/mol. The van der Waals surface area contributed by atoms with Crippen LogP contribution in [0.15, 0.2) is 24.3 Å². The van der Waals surface area contributed by atoms with Gasteiger partial charge in [0.25, 0.3) is 11.8 Å². The summed E-state index contributed by atoms with van der Waals surface area (Å²) in [5, 5.41) is 2.69. The molecule has 0 radical (unpaired) electrons. The van der Waals surface area contributed by atoms with Crippen LogP contribution in [-0.2, 0) is 9.59 Å². The lowest BCUT2D eigenvalue weighted by Crippen LogP contribution is -2.37. The van der Waals surface area contributed by atoms with E-state index in [0.717, 1.165) is 0 Å². The third-order valence-corrected chi connectivity index (χ3v) is 3.17. The molecule has 0 aromatic heterocycles. The Morgan fingerprint density at radius 2 is 2.05 bits per heavy atom. The number of carbonyl (C=O) groups is 3. The van der Waals surface area contributed by atoms with E-state index in [0.29, 0.717) is 19.6 Å². The SMILES string of the molecule is NC(=O)c1ccccc1OCC(=O)N1CCNC(=O)CC1. The summed E-state index contributed by atoms with van der Waals surface area (Å²) in [6.45, 7) is 1.05. The standard InChI is InChI=1S/C14H17N3O4/c15-14(20)10-3-1-2-4-11(10)21-9-13(19)17-7-5-12(18)16-6-8-17/h1-4H,5-9H2,(H2,15,20)(H,16,18). The molecule has 1 fully saturated rings. The quantitative estimate of drug-likeness (QED) is 0.781. The number of amides is 3. The number of nitrogens with zero attached hydrogens (tertiary/aromatic N) is 1. The molecule has 0 aliphatic carbocycles. The summed E-state index contributed by atoms with van der Waals surface area (Å²) < 4.78 is 5.38. The molecular formula is C14H17N3O4. The van der Waals surface area contributed by atoms with E-state index in [1.807, 2.05) is 0 Å². The van der Waals surface area contributed by atoms with Crippen LogP contribution >= 0.6 is 0 Å².